The fourth-order valence-electron chi connectivity index (χ4n) is 3.52. The molecule has 0 saturated carbocycles. The molecule has 0 saturated heterocycles. The summed E-state index contributed by atoms with van der Waals surface area (Å²) in [6.07, 6.45) is 5.93. The van der Waals surface area contributed by atoms with Crippen molar-refractivity contribution in [3.05, 3.63) is 67.9 Å². The number of nitrogens with two attached hydrogens (primary N) is 1. The highest BCUT2D eigenvalue weighted by atomic mass is 16.3. The minimum atomic E-state index is -0.735. The number of hydrogen-bond donors (Lipinski definition) is 3. The SMILES string of the molecule is CCC(Nc1c(NC2(C)C=CC=C(C(N)=O)C2C)c(=O)c1=O)c1ccc(C)o1. The van der Waals surface area contributed by atoms with Crippen molar-refractivity contribution >= 4 is 17.3 Å². The molecule has 4 N–H and O–H groups in total. The summed E-state index contributed by atoms with van der Waals surface area (Å²) in [6.45, 7) is 7.53. The van der Waals surface area contributed by atoms with E-state index in [4.69, 9.17) is 10.2 Å². The van der Waals surface area contributed by atoms with Gasteiger partial charge in [-0.25, -0.2) is 0 Å². The van der Waals surface area contributed by atoms with Gasteiger partial charge in [0.1, 0.15) is 22.9 Å². The Kier molecular flexibility index (Phi) is 5.02. The highest BCUT2D eigenvalue weighted by molar-refractivity contribution is 5.93. The third-order valence-electron chi connectivity index (χ3n) is 5.50. The van der Waals surface area contributed by atoms with Crippen molar-refractivity contribution in [2.45, 2.75) is 45.7 Å². The van der Waals surface area contributed by atoms with Crippen molar-refractivity contribution in [3.63, 3.8) is 0 Å². The number of nitrogens with one attached hydrogen (secondary N) is 2. The Labute approximate surface area is 163 Å². The number of primary amides is 1. The summed E-state index contributed by atoms with van der Waals surface area (Å²) in [6, 6.07) is 3.48. The first-order valence-electron chi connectivity index (χ1n) is 9.31. The molecule has 0 radical (unpaired) electrons. The van der Waals surface area contributed by atoms with Gasteiger partial charge in [0, 0.05) is 11.5 Å². The minimum Gasteiger partial charge on any atom is -0.464 e. The zero-order chi connectivity index (χ0) is 20.6. The quantitative estimate of drug-likeness (QED) is 0.633. The second-order valence-electron chi connectivity index (χ2n) is 7.44. The second kappa shape index (κ2) is 7.14. The Morgan fingerprint density at radius 2 is 1.96 bits per heavy atom. The molecule has 148 valence electrons. The molecule has 3 atom stereocenters. The van der Waals surface area contributed by atoms with Gasteiger partial charge in [0.2, 0.25) is 5.91 Å². The molecule has 2 aromatic rings. The molecule has 0 spiro atoms. The third-order valence-corrected chi connectivity index (χ3v) is 5.50. The number of aryl methyl sites for hydroxylation is 1. The van der Waals surface area contributed by atoms with Crippen LogP contribution in [0.15, 0.2) is 49.9 Å². The third kappa shape index (κ3) is 3.28. The molecule has 3 rings (SSSR count). The zero-order valence-electron chi connectivity index (χ0n) is 16.5. The van der Waals surface area contributed by atoms with Crippen LogP contribution in [0, 0.1) is 12.8 Å². The first-order chi connectivity index (χ1) is 13.2. The molecule has 0 bridgehead atoms. The first kappa shape index (κ1) is 19.7. The lowest BCUT2D eigenvalue weighted by atomic mass is 9.77. The molecule has 0 fully saturated rings. The Morgan fingerprint density at radius 1 is 1.29 bits per heavy atom. The van der Waals surface area contributed by atoms with E-state index < -0.39 is 22.3 Å². The summed E-state index contributed by atoms with van der Waals surface area (Å²) in [5.74, 6) is 0.697. The average Bonchev–Trinajstić information content (AvgIpc) is 3.09. The standard InChI is InChI=1S/C21H25N3O4/c1-5-14(15-9-8-11(2)28-15)23-16-17(19(26)18(16)25)24-21(4)10-6-7-13(12(21)3)20(22)27/h6-10,12,14,23-24H,5H2,1-4H3,(H2,22,27). The van der Waals surface area contributed by atoms with Gasteiger partial charge in [-0.3, -0.25) is 14.4 Å². The Hall–Kier alpha value is -3.09. The number of hydrogen-bond acceptors (Lipinski definition) is 6. The fraction of sp³-hybridized carbons (Fsp3) is 0.381. The molecule has 3 unspecified atom stereocenters. The van der Waals surface area contributed by atoms with Crippen LogP contribution in [0.4, 0.5) is 11.4 Å². The highest BCUT2D eigenvalue weighted by Gasteiger charge is 2.37. The Balaban J connectivity index is 1.87. The van der Waals surface area contributed by atoms with Crippen LogP contribution in [0.2, 0.25) is 0 Å². The van der Waals surface area contributed by atoms with E-state index in [0.29, 0.717) is 17.8 Å². The molecule has 1 aromatic carbocycles. The van der Waals surface area contributed by atoms with E-state index in [0.717, 1.165) is 5.76 Å². The van der Waals surface area contributed by atoms with Gasteiger partial charge in [0.05, 0.1) is 11.6 Å². The first-order valence-corrected chi connectivity index (χ1v) is 9.31. The lowest BCUT2D eigenvalue weighted by Gasteiger charge is -2.38. The van der Waals surface area contributed by atoms with Crippen molar-refractivity contribution in [2.75, 3.05) is 10.6 Å². The summed E-state index contributed by atoms with van der Waals surface area (Å²) in [5.41, 5.74) is 4.50. The molecule has 1 amide bonds. The smallest absolute Gasteiger partial charge is 0.253 e. The van der Waals surface area contributed by atoms with E-state index in [1.54, 1.807) is 12.2 Å². The van der Waals surface area contributed by atoms with Crippen LogP contribution in [0.25, 0.3) is 0 Å². The molecular formula is C21H25N3O4. The highest BCUT2D eigenvalue weighted by Crippen LogP contribution is 2.35. The normalized spacial score (nSPS) is 22.7. The van der Waals surface area contributed by atoms with Crippen LogP contribution in [0.1, 0.15) is 44.8 Å². The van der Waals surface area contributed by atoms with Gasteiger partial charge in [0.25, 0.3) is 10.9 Å². The minimum absolute atomic E-state index is 0.219. The summed E-state index contributed by atoms with van der Waals surface area (Å²) < 4.78 is 5.66. The summed E-state index contributed by atoms with van der Waals surface area (Å²) in [7, 11) is 0. The van der Waals surface area contributed by atoms with Crippen LogP contribution in [-0.4, -0.2) is 11.4 Å². The zero-order valence-corrected chi connectivity index (χ0v) is 16.5. The van der Waals surface area contributed by atoms with Gasteiger partial charge < -0.3 is 20.8 Å². The van der Waals surface area contributed by atoms with Gasteiger partial charge in [0.15, 0.2) is 0 Å². The van der Waals surface area contributed by atoms with Crippen LogP contribution < -0.4 is 27.2 Å². The average molecular weight is 383 g/mol. The second-order valence-corrected chi connectivity index (χ2v) is 7.44. The largest absolute Gasteiger partial charge is 0.464 e. The number of allylic oxidation sites excluding steroid dienone is 2. The number of carbonyl (C=O) groups excluding carboxylic acids is 1. The van der Waals surface area contributed by atoms with Crippen molar-refractivity contribution < 1.29 is 9.21 Å². The molecule has 1 aliphatic carbocycles. The van der Waals surface area contributed by atoms with Crippen molar-refractivity contribution in [2.24, 2.45) is 11.7 Å². The molecule has 1 aliphatic rings. The van der Waals surface area contributed by atoms with Crippen molar-refractivity contribution in [1.82, 2.24) is 0 Å². The Bertz CT molecular complexity index is 1040. The van der Waals surface area contributed by atoms with Crippen LogP contribution in [-0.2, 0) is 4.79 Å². The Morgan fingerprint density at radius 3 is 2.54 bits per heavy atom. The maximum Gasteiger partial charge on any atom is 0.253 e. The van der Waals surface area contributed by atoms with E-state index in [2.05, 4.69) is 10.6 Å². The lowest BCUT2D eigenvalue weighted by Crippen LogP contribution is -2.48. The molecule has 28 heavy (non-hydrogen) atoms. The van der Waals surface area contributed by atoms with Crippen LogP contribution in [0.3, 0.4) is 0 Å². The van der Waals surface area contributed by atoms with E-state index in [1.807, 2.05) is 45.9 Å². The predicted molar refractivity (Wildman–Crippen MR) is 109 cm³/mol. The van der Waals surface area contributed by atoms with Gasteiger partial charge in [-0.1, -0.05) is 32.1 Å². The number of furan rings is 1. The maximum absolute atomic E-state index is 12.3. The van der Waals surface area contributed by atoms with Gasteiger partial charge >= 0.3 is 0 Å². The van der Waals surface area contributed by atoms with Gasteiger partial charge in [-0.05, 0) is 32.4 Å². The van der Waals surface area contributed by atoms with E-state index in [1.165, 1.54) is 0 Å². The molecule has 7 nitrogen and oxygen atoms in total. The summed E-state index contributed by atoms with van der Waals surface area (Å²) in [5, 5.41) is 6.30. The van der Waals surface area contributed by atoms with Gasteiger partial charge in [-0.15, -0.1) is 0 Å². The van der Waals surface area contributed by atoms with Crippen LogP contribution >= 0.6 is 0 Å². The molecule has 0 aliphatic heterocycles. The van der Waals surface area contributed by atoms with E-state index >= 15 is 0 Å². The molecule has 7 heteroatoms. The predicted octanol–water partition coefficient (Wildman–Crippen LogP) is 2.54. The lowest BCUT2D eigenvalue weighted by molar-refractivity contribution is -0.115. The topological polar surface area (TPSA) is 114 Å². The number of amides is 1. The number of rotatable bonds is 7. The summed E-state index contributed by atoms with van der Waals surface area (Å²) >= 11 is 0. The van der Waals surface area contributed by atoms with Crippen molar-refractivity contribution in [3.8, 4) is 0 Å². The molecular weight excluding hydrogens is 358 g/mol. The van der Waals surface area contributed by atoms with Gasteiger partial charge in [-0.2, -0.15) is 0 Å². The number of carbonyl (C=O) groups is 1. The molecule has 1 aromatic heterocycles. The van der Waals surface area contributed by atoms with E-state index in [9.17, 15) is 14.4 Å². The summed E-state index contributed by atoms with van der Waals surface area (Å²) in [4.78, 5) is 36.2. The molecule has 1 heterocycles. The fourth-order valence-corrected chi connectivity index (χ4v) is 3.52. The van der Waals surface area contributed by atoms with E-state index in [-0.39, 0.29) is 23.3 Å². The van der Waals surface area contributed by atoms with Crippen molar-refractivity contribution in [1.29, 1.82) is 0 Å². The maximum atomic E-state index is 12.3. The van der Waals surface area contributed by atoms with Crippen LogP contribution in [0.5, 0.6) is 0 Å². The monoisotopic (exact) mass is 383 g/mol. The number of anilines is 2.